The van der Waals surface area contributed by atoms with Crippen LogP contribution in [0.15, 0.2) is 59.8 Å². The molecule has 0 bridgehead atoms. The number of hydrogen-bond donors (Lipinski definition) is 1. The predicted octanol–water partition coefficient (Wildman–Crippen LogP) is 4.74. The van der Waals surface area contributed by atoms with Gasteiger partial charge in [-0.05, 0) is 44.6 Å². The lowest BCUT2D eigenvalue weighted by atomic mass is 9.90. The van der Waals surface area contributed by atoms with Gasteiger partial charge in [0.15, 0.2) is 5.82 Å². The number of carbonyl (C=O) groups excluding carboxylic acids is 1. The fourth-order valence-corrected chi connectivity index (χ4v) is 4.72. The van der Waals surface area contributed by atoms with Crippen molar-refractivity contribution in [2.75, 3.05) is 13.1 Å². The number of nitrogens with one attached hydrogen (secondary N) is 1. The number of nitrogens with zero attached hydrogens (tertiary/aromatic N) is 3. The Morgan fingerprint density at radius 3 is 2.53 bits per heavy atom. The first-order valence-electron chi connectivity index (χ1n) is 10.6. The number of amides is 1. The number of hydrogen-bond acceptors (Lipinski definition) is 4. The van der Waals surface area contributed by atoms with Gasteiger partial charge in [0.25, 0.3) is 0 Å². The molecule has 1 fully saturated rings. The van der Waals surface area contributed by atoms with Gasteiger partial charge in [-0.1, -0.05) is 71.9 Å². The molecule has 1 atom stereocenters. The maximum atomic E-state index is 12.9. The number of rotatable bonds is 6. The van der Waals surface area contributed by atoms with E-state index in [0.29, 0.717) is 11.1 Å². The van der Waals surface area contributed by atoms with Crippen LogP contribution in [0.25, 0.3) is 11.4 Å². The van der Waals surface area contributed by atoms with Crippen LogP contribution in [0.3, 0.4) is 0 Å². The third kappa shape index (κ3) is 5.11. The average molecular weight is 421 g/mol. The third-order valence-electron chi connectivity index (χ3n) is 5.71. The summed E-state index contributed by atoms with van der Waals surface area (Å²) in [7, 11) is 0. The lowest BCUT2D eigenvalue weighted by Crippen LogP contribution is -2.42. The van der Waals surface area contributed by atoms with E-state index in [9.17, 15) is 4.79 Å². The number of aryl methyl sites for hydroxylation is 1. The van der Waals surface area contributed by atoms with Gasteiger partial charge in [0, 0.05) is 18.7 Å². The third-order valence-corrected chi connectivity index (χ3v) is 6.66. The fourth-order valence-electron chi connectivity index (χ4n) is 3.91. The molecule has 6 heteroatoms. The molecule has 1 N–H and O–H groups in total. The Bertz CT molecular complexity index is 962. The van der Waals surface area contributed by atoms with Crippen LogP contribution >= 0.6 is 11.8 Å². The van der Waals surface area contributed by atoms with Gasteiger partial charge < -0.3 is 4.90 Å². The largest absolute Gasteiger partial charge is 0.342 e. The highest BCUT2D eigenvalue weighted by atomic mass is 32.2. The fraction of sp³-hybridized carbons (Fsp3) is 0.375. The number of carbonyl (C=O) groups is 1. The number of aromatic amines is 1. The molecule has 5 nitrogen and oxygen atoms in total. The zero-order chi connectivity index (χ0) is 20.9. The minimum Gasteiger partial charge on any atom is -0.342 e. The van der Waals surface area contributed by atoms with Crippen LogP contribution in [0.2, 0.25) is 0 Å². The maximum absolute atomic E-state index is 12.9. The summed E-state index contributed by atoms with van der Waals surface area (Å²) >= 11 is 1.42. The minimum absolute atomic E-state index is 0.180. The zero-order valence-corrected chi connectivity index (χ0v) is 18.4. The Labute approximate surface area is 182 Å². The lowest BCUT2D eigenvalue weighted by Gasteiger charge is -2.33. The van der Waals surface area contributed by atoms with Crippen LogP contribution in [0.5, 0.6) is 0 Å². The molecule has 3 aromatic rings. The average Bonchev–Trinajstić information content (AvgIpc) is 3.23. The SMILES string of the molecule is Cc1ccc(-c2nc(SC(C)C(=O)N3CCC(Cc4ccccc4)CC3)n[nH]2)cc1. The molecule has 1 saturated heterocycles. The van der Waals surface area contributed by atoms with Crippen LogP contribution in [0, 0.1) is 12.8 Å². The van der Waals surface area contributed by atoms with Crippen molar-refractivity contribution in [3.05, 3.63) is 65.7 Å². The monoisotopic (exact) mass is 420 g/mol. The summed E-state index contributed by atoms with van der Waals surface area (Å²) in [6, 6.07) is 18.8. The van der Waals surface area contributed by atoms with E-state index in [1.54, 1.807) is 0 Å². The summed E-state index contributed by atoms with van der Waals surface area (Å²) in [5.74, 6) is 1.57. The Hall–Kier alpha value is -2.60. The summed E-state index contributed by atoms with van der Waals surface area (Å²) in [6.45, 7) is 5.68. The summed E-state index contributed by atoms with van der Waals surface area (Å²) in [5, 5.41) is 7.70. The molecule has 30 heavy (non-hydrogen) atoms. The van der Waals surface area contributed by atoms with E-state index in [1.165, 1.54) is 22.9 Å². The van der Waals surface area contributed by atoms with E-state index in [0.717, 1.165) is 43.7 Å². The first-order valence-corrected chi connectivity index (χ1v) is 11.5. The van der Waals surface area contributed by atoms with Gasteiger partial charge in [-0.3, -0.25) is 9.89 Å². The maximum Gasteiger partial charge on any atom is 0.235 e. The second-order valence-corrected chi connectivity index (χ2v) is 9.36. The normalized spacial score (nSPS) is 15.9. The molecule has 1 aliphatic heterocycles. The zero-order valence-electron chi connectivity index (χ0n) is 17.5. The topological polar surface area (TPSA) is 61.9 Å². The molecule has 4 rings (SSSR count). The van der Waals surface area contributed by atoms with Crippen LogP contribution < -0.4 is 0 Å². The smallest absolute Gasteiger partial charge is 0.235 e. The summed E-state index contributed by atoms with van der Waals surface area (Å²) < 4.78 is 0. The van der Waals surface area contributed by atoms with E-state index in [2.05, 4.69) is 64.6 Å². The molecule has 156 valence electrons. The quantitative estimate of drug-likeness (QED) is 0.585. The number of likely N-dealkylation sites (tertiary alicyclic amines) is 1. The molecule has 2 aromatic carbocycles. The minimum atomic E-state index is -0.197. The summed E-state index contributed by atoms with van der Waals surface area (Å²) in [5.41, 5.74) is 3.60. The van der Waals surface area contributed by atoms with Gasteiger partial charge in [0.1, 0.15) is 0 Å². The van der Waals surface area contributed by atoms with Crippen LogP contribution in [0.4, 0.5) is 0 Å². The van der Waals surface area contributed by atoms with Crippen molar-refractivity contribution < 1.29 is 4.79 Å². The number of thioether (sulfide) groups is 1. The van der Waals surface area contributed by atoms with Gasteiger partial charge in [0.2, 0.25) is 11.1 Å². The molecular formula is C24H28N4OS. The lowest BCUT2D eigenvalue weighted by molar-refractivity contribution is -0.131. The van der Waals surface area contributed by atoms with Crippen LogP contribution in [-0.2, 0) is 11.2 Å². The number of piperidine rings is 1. The van der Waals surface area contributed by atoms with Gasteiger partial charge >= 0.3 is 0 Å². The van der Waals surface area contributed by atoms with E-state index in [-0.39, 0.29) is 11.2 Å². The summed E-state index contributed by atoms with van der Waals surface area (Å²) in [6.07, 6.45) is 3.23. The second kappa shape index (κ2) is 9.47. The highest BCUT2D eigenvalue weighted by molar-refractivity contribution is 8.00. The molecule has 0 aliphatic carbocycles. The van der Waals surface area contributed by atoms with E-state index >= 15 is 0 Å². The number of aromatic nitrogens is 3. The molecule has 0 saturated carbocycles. The Morgan fingerprint density at radius 1 is 1.13 bits per heavy atom. The Morgan fingerprint density at radius 2 is 1.83 bits per heavy atom. The van der Waals surface area contributed by atoms with E-state index < -0.39 is 0 Å². The van der Waals surface area contributed by atoms with Crippen molar-refractivity contribution in [3.8, 4) is 11.4 Å². The summed E-state index contributed by atoms with van der Waals surface area (Å²) in [4.78, 5) is 19.5. The van der Waals surface area contributed by atoms with E-state index in [4.69, 9.17) is 0 Å². The highest BCUT2D eigenvalue weighted by Crippen LogP contribution is 2.27. The molecule has 1 aromatic heterocycles. The second-order valence-electron chi connectivity index (χ2n) is 8.05. The van der Waals surface area contributed by atoms with Gasteiger partial charge in [-0.25, -0.2) is 4.98 Å². The number of H-pyrrole nitrogens is 1. The highest BCUT2D eigenvalue weighted by Gasteiger charge is 2.27. The molecule has 1 amide bonds. The van der Waals surface area contributed by atoms with Crippen LogP contribution in [0.1, 0.15) is 30.9 Å². The Kier molecular flexibility index (Phi) is 6.53. The number of benzene rings is 2. The molecular weight excluding hydrogens is 392 g/mol. The van der Waals surface area contributed by atoms with Gasteiger partial charge in [-0.15, -0.1) is 5.10 Å². The van der Waals surface area contributed by atoms with Gasteiger partial charge in [0.05, 0.1) is 5.25 Å². The van der Waals surface area contributed by atoms with Crippen molar-refractivity contribution >= 4 is 17.7 Å². The van der Waals surface area contributed by atoms with Crippen molar-refractivity contribution in [2.24, 2.45) is 5.92 Å². The predicted molar refractivity (Wildman–Crippen MR) is 121 cm³/mol. The van der Waals surface area contributed by atoms with Crippen molar-refractivity contribution in [1.82, 2.24) is 20.1 Å². The van der Waals surface area contributed by atoms with Crippen molar-refractivity contribution in [1.29, 1.82) is 0 Å². The Balaban J connectivity index is 1.29. The standard InChI is InChI=1S/C24H28N4OS/c1-17-8-10-21(11-9-17)22-25-24(27-26-22)30-18(2)23(29)28-14-12-20(13-15-28)16-19-6-4-3-5-7-19/h3-11,18,20H,12-16H2,1-2H3,(H,25,26,27). The van der Waals surface area contributed by atoms with Crippen LogP contribution in [-0.4, -0.2) is 44.3 Å². The van der Waals surface area contributed by atoms with Crippen molar-refractivity contribution in [3.63, 3.8) is 0 Å². The molecule has 0 spiro atoms. The van der Waals surface area contributed by atoms with E-state index in [1.807, 2.05) is 24.0 Å². The molecule has 0 radical (unpaired) electrons. The first-order chi connectivity index (χ1) is 14.6. The molecule has 1 unspecified atom stereocenters. The molecule has 1 aliphatic rings. The van der Waals surface area contributed by atoms with Gasteiger partial charge in [-0.2, -0.15) is 0 Å². The van der Waals surface area contributed by atoms with Crippen molar-refractivity contribution in [2.45, 2.75) is 43.5 Å². The molecule has 2 heterocycles. The first kappa shape index (κ1) is 20.7.